The lowest BCUT2D eigenvalue weighted by Crippen LogP contribution is -2.54. The predicted octanol–water partition coefficient (Wildman–Crippen LogP) is 2.67. The van der Waals surface area contributed by atoms with Gasteiger partial charge >= 0.3 is 6.09 Å². The van der Waals surface area contributed by atoms with Crippen LogP contribution < -0.4 is 4.90 Å². The molecular weight excluding hydrogens is 273 g/mol. The summed E-state index contributed by atoms with van der Waals surface area (Å²) in [5.74, 6) is -0.338. The number of halogens is 1. The van der Waals surface area contributed by atoms with Gasteiger partial charge in [0.05, 0.1) is 11.9 Å². The zero-order valence-electron chi connectivity index (χ0n) is 13.0. The number of ether oxygens (including phenoxy) is 1. The largest absolute Gasteiger partial charge is 0.444 e. The molecule has 0 unspecified atom stereocenters. The van der Waals surface area contributed by atoms with Crippen LogP contribution in [0.2, 0.25) is 0 Å². The number of aromatic nitrogens is 1. The van der Waals surface area contributed by atoms with Crippen molar-refractivity contribution in [2.24, 2.45) is 0 Å². The fourth-order valence-electron chi connectivity index (χ4n) is 2.41. The maximum atomic E-state index is 13.8. The molecule has 1 amide bonds. The number of nitrogens with zero attached hydrogens (tertiary/aromatic N) is 3. The fraction of sp³-hybridized carbons (Fsp3) is 0.600. The average Bonchev–Trinajstić information content (AvgIpc) is 2.38. The summed E-state index contributed by atoms with van der Waals surface area (Å²) in [7, 11) is 0. The normalized spacial score (nSPS) is 19.6. The molecule has 1 atom stereocenters. The average molecular weight is 295 g/mol. The van der Waals surface area contributed by atoms with Crippen LogP contribution in [0.5, 0.6) is 0 Å². The van der Waals surface area contributed by atoms with Crippen LogP contribution in [0.1, 0.15) is 27.7 Å². The number of carbonyl (C=O) groups is 1. The minimum atomic E-state index is -0.505. The van der Waals surface area contributed by atoms with E-state index in [1.54, 1.807) is 17.2 Å². The van der Waals surface area contributed by atoms with Gasteiger partial charge in [0.15, 0.2) is 5.82 Å². The van der Waals surface area contributed by atoms with Crippen molar-refractivity contribution in [2.45, 2.75) is 39.3 Å². The maximum Gasteiger partial charge on any atom is 0.410 e. The maximum absolute atomic E-state index is 13.8. The molecule has 1 aromatic heterocycles. The molecule has 1 fully saturated rings. The number of hydrogen-bond donors (Lipinski definition) is 0. The summed E-state index contributed by atoms with van der Waals surface area (Å²) in [6.45, 7) is 9.10. The molecule has 116 valence electrons. The molecule has 1 saturated heterocycles. The van der Waals surface area contributed by atoms with Gasteiger partial charge in [-0.1, -0.05) is 0 Å². The van der Waals surface area contributed by atoms with Crippen LogP contribution in [-0.4, -0.2) is 47.3 Å². The van der Waals surface area contributed by atoms with Crippen LogP contribution in [0.25, 0.3) is 0 Å². The lowest BCUT2D eigenvalue weighted by molar-refractivity contribution is 0.0218. The van der Waals surface area contributed by atoms with Gasteiger partial charge in [0.1, 0.15) is 5.60 Å². The highest BCUT2D eigenvalue weighted by Crippen LogP contribution is 2.23. The summed E-state index contributed by atoms with van der Waals surface area (Å²) < 4.78 is 19.2. The van der Waals surface area contributed by atoms with Crippen LogP contribution in [0.4, 0.5) is 14.9 Å². The van der Waals surface area contributed by atoms with Crippen molar-refractivity contribution < 1.29 is 13.9 Å². The first-order valence-corrected chi connectivity index (χ1v) is 7.12. The smallest absolute Gasteiger partial charge is 0.410 e. The van der Waals surface area contributed by atoms with Gasteiger partial charge < -0.3 is 14.5 Å². The van der Waals surface area contributed by atoms with E-state index in [0.717, 1.165) is 0 Å². The number of carbonyl (C=O) groups excluding carboxylic acids is 1. The van der Waals surface area contributed by atoms with Crippen LogP contribution in [0.3, 0.4) is 0 Å². The Hall–Kier alpha value is -1.85. The van der Waals surface area contributed by atoms with Crippen molar-refractivity contribution >= 4 is 11.8 Å². The number of amides is 1. The molecule has 6 heteroatoms. The minimum Gasteiger partial charge on any atom is -0.444 e. The summed E-state index contributed by atoms with van der Waals surface area (Å²) in [6, 6.07) is 1.68. The fourth-order valence-corrected chi connectivity index (χ4v) is 2.41. The summed E-state index contributed by atoms with van der Waals surface area (Å²) >= 11 is 0. The molecule has 0 saturated carbocycles. The van der Waals surface area contributed by atoms with E-state index in [0.29, 0.717) is 25.3 Å². The topological polar surface area (TPSA) is 45.7 Å². The lowest BCUT2D eigenvalue weighted by Gasteiger charge is -2.41. The monoisotopic (exact) mass is 295 g/mol. The molecular formula is C15H22FN3O2. The zero-order valence-corrected chi connectivity index (χ0v) is 13.0. The first-order chi connectivity index (χ1) is 9.78. The summed E-state index contributed by atoms with van der Waals surface area (Å²) in [5.41, 5.74) is 0.0237. The number of pyridine rings is 1. The Balaban J connectivity index is 2.03. The van der Waals surface area contributed by atoms with Crippen LogP contribution in [0, 0.1) is 5.82 Å². The number of hydrogen-bond acceptors (Lipinski definition) is 4. The van der Waals surface area contributed by atoms with Crippen molar-refractivity contribution in [3.63, 3.8) is 0 Å². The Bertz CT molecular complexity index is 516. The van der Waals surface area contributed by atoms with Crippen molar-refractivity contribution in [2.75, 3.05) is 24.5 Å². The van der Waals surface area contributed by atoms with Gasteiger partial charge in [-0.25, -0.2) is 9.18 Å². The van der Waals surface area contributed by atoms with E-state index in [1.807, 2.05) is 32.6 Å². The van der Waals surface area contributed by atoms with Gasteiger partial charge in [-0.3, -0.25) is 4.98 Å². The Morgan fingerprint density at radius 3 is 2.71 bits per heavy atom. The van der Waals surface area contributed by atoms with Gasteiger partial charge in [0, 0.05) is 31.9 Å². The standard InChI is InChI=1S/C15H22FN3O2/c1-11-10-18(14(20)21-15(2,3)4)7-8-19(11)13-5-6-17-9-12(13)16/h5-6,9,11H,7-8,10H2,1-4H3/t11-/m1/s1. The van der Waals surface area contributed by atoms with Gasteiger partial charge in [-0.05, 0) is 33.8 Å². The highest BCUT2D eigenvalue weighted by molar-refractivity contribution is 5.68. The van der Waals surface area contributed by atoms with E-state index in [-0.39, 0.29) is 18.0 Å². The molecule has 2 heterocycles. The van der Waals surface area contributed by atoms with E-state index in [4.69, 9.17) is 4.74 Å². The molecule has 0 bridgehead atoms. The third-order valence-electron chi connectivity index (χ3n) is 3.34. The minimum absolute atomic E-state index is 0.0168. The first-order valence-electron chi connectivity index (χ1n) is 7.12. The van der Waals surface area contributed by atoms with Crippen LogP contribution in [-0.2, 0) is 4.74 Å². The second kappa shape index (κ2) is 5.87. The molecule has 1 aliphatic heterocycles. The predicted molar refractivity (Wildman–Crippen MR) is 78.8 cm³/mol. The molecule has 1 aromatic rings. The van der Waals surface area contributed by atoms with Crippen LogP contribution in [0.15, 0.2) is 18.5 Å². The number of piperazine rings is 1. The molecule has 1 aliphatic rings. The molecule has 0 spiro atoms. The third-order valence-corrected chi connectivity index (χ3v) is 3.34. The lowest BCUT2D eigenvalue weighted by atomic mass is 10.1. The SMILES string of the molecule is C[C@@H]1CN(C(=O)OC(C)(C)C)CCN1c1ccncc1F. The van der Waals surface area contributed by atoms with Crippen molar-refractivity contribution in [3.8, 4) is 0 Å². The Morgan fingerprint density at radius 1 is 1.43 bits per heavy atom. The Morgan fingerprint density at radius 2 is 2.14 bits per heavy atom. The highest BCUT2D eigenvalue weighted by atomic mass is 19.1. The van der Waals surface area contributed by atoms with E-state index in [1.165, 1.54) is 6.20 Å². The van der Waals surface area contributed by atoms with Gasteiger partial charge in [0.2, 0.25) is 0 Å². The zero-order chi connectivity index (χ0) is 15.6. The Kier molecular flexibility index (Phi) is 4.34. The summed E-state index contributed by atoms with van der Waals surface area (Å²) in [4.78, 5) is 19.5. The molecule has 2 rings (SSSR count). The molecule has 0 aliphatic carbocycles. The second-order valence-electron chi connectivity index (χ2n) is 6.30. The van der Waals surface area contributed by atoms with Gasteiger partial charge in [-0.2, -0.15) is 0 Å². The Labute approximate surface area is 124 Å². The van der Waals surface area contributed by atoms with Crippen LogP contribution >= 0.6 is 0 Å². The molecule has 0 aromatic carbocycles. The number of anilines is 1. The molecule has 5 nitrogen and oxygen atoms in total. The van der Waals surface area contributed by atoms with Crippen molar-refractivity contribution in [3.05, 3.63) is 24.3 Å². The molecule has 0 N–H and O–H groups in total. The third kappa shape index (κ3) is 3.83. The van der Waals surface area contributed by atoms with Crippen molar-refractivity contribution in [1.82, 2.24) is 9.88 Å². The molecule has 0 radical (unpaired) electrons. The molecule has 21 heavy (non-hydrogen) atoms. The summed E-state index contributed by atoms with van der Waals surface area (Å²) in [5, 5.41) is 0. The van der Waals surface area contributed by atoms with E-state index >= 15 is 0 Å². The quantitative estimate of drug-likeness (QED) is 0.799. The summed E-state index contributed by atoms with van der Waals surface area (Å²) in [6.07, 6.45) is 2.47. The highest BCUT2D eigenvalue weighted by Gasteiger charge is 2.30. The van der Waals surface area contributed by atoms with Gasteiger partial charge in [0.25, 0.3) is 0 Å². The van der Waals surface area contributed by atoms with E-state index in [2.05, 4.69) is 4.98 Å². The van der Waals surface area contributed by atoms with E-state index in [9.17, 15) is 9.18 Å². The van der Waals surface area contributed by atoms with Gasteiger partial charge in [-0.15, -0.1) is 0 Å². The van der Waals surface area contributed by atoms with Crippen molar-refractivity contribution in [1.29, 1.82) is 0 Å². The number of rotatable bonds is 1. The van der Waals surface area contributed by atoms with E-state index < -0.39 is 5.60 Å². The second-order valence-corrected chi connectivity index (χ2v) is 6.30. The first kappa shape index (κ1) is 15.5.